The molecule has 21 heavy (non-hydrogen) atoms. The molecule has 2 aliphatic carbocycles. The Hall–Kier alpha value is 0.1000. The van der Waals surface area contributed by atoms with Gasteiger partial charge in [0.2, 0.25) is 0 Å². The summed E-state index contributed by atoms with van der Waals surface area (Å²) in [5.74, 6) is 0. The number of nitrogens with one attached hydrogen (secondary N) is 1. The predicted octanol–water partition coefficient (Wildman–Crippen LogP) is 4.64. The molecule has 2 nitrogen and oxygen atoms in total. The molecule has 0 radical (unpaired) electrons. The lowest BCUT2D eigenvalue weighted by Crippen LogP contribution is -2.44. The largest absolute Gasteiger partial charge is 0.313 e. The van der Waals surface area contributed by atoms with Gasteiger partial charge in [0, 0.05) is 25.7 Å². The van der Waals surface area contributed by atoms with Crippen LogP contribution in [0.15, 0.2) is 15.2 Å². The molecule has 3 rings (SSSR count). The highest BCUT2D eigenvalue weighted by Gasteiger charge is 2.34. The minimum Gasteiger partial charge on any atom is -0.313 e. The molecule has 2 saturated carbocycles. The number of thiophene rings is 1. The predicted molar refractivity (Wildman–Crippen MR) is 94.9 cm³/mol. The van der Waals surface area contributed by atoms with Crippen molar-refractivity contribution in [3.63, 3.8) is 0 Å². The zero-order valence-corrected chi connectivity index (χ0v) is 15.4. The number of rotatable bonds is 7. The fraction of sp³-hybridized carbons (Fsp3) is 0.765. The van der Waals surface area contributed by atoms with E-state index in [4.69, 9.17) is 0 Å². The first kappa shape index (κ1) is 16.0. The van der Waals surface area contributed by atoms with Crippen molar-refractivity contribution in [1.29, 1.82) is 0 Å². The van der Waals surface area contributed by atoms with Crippen molar-refractivity contribution in [2.75, 3.05) is 20.1 Å². The molecule has 0 atom stereocenters. The summed E-state index contributed by atoms with van der Waals surface area (Å²) in [6.45, 7) is 3.54. The average molecular weight is 371 g/mol. The van der Waals surface area contributed by atoms with Crippen molar-refractivity contribution in [2.45, 2.75) is 57.5 Å². The van der Waals surface area contributed by atoms with E-state index in [1.54, 1.807) is 11.3 Å². The molecular formula is C17H27BrN2S. The zero-order chi connectivity index (χ0) is 14.7. The first-order valence-electron chi connectivity index (χ1n) is 8.30. The van der Waals surface area contributed by atoms with E-state index >= 15 is 0 Å². The van der Waals surface area contributed by atoms with Gasteiger partial charge in [-0.2, -0.15) is 0 Å². The molecule has 0 bridgehead atoms. The molecule has 1 N–H and O–H groups in total. The Labute approximate surface area is 141 Å². The maximum absolute atomic E-state index is 3.81. The van der Waals surface area contributed by atoms with Gasteiger partial charge in [-0.15, -0.1) is 11.3 Å². The molecule has 118 valence electrons. The van der Waals surface area contributed by atoms with Crippen molar-refractivity contribution in [2.24, 2.45) is 5.41 Å². The fourth-order valence-electron chi connectivity index (χ4n) is 3.71. The summed E-state index contributed by atoms with van der Waals surface area (Å²) in [7, 11) is 2.29. The second-order valence-corrected chi connectivity index (χ2v) is 9.44. The Morgan fingerprint density at radius 2 is 2.10 bits per heavy atom. The van der Waals surface area contributed by atoms with Crippen LogP contribution in [-0.4, -0.2) is 31.1 Å². The summed E-state index contributed by atoms with van der Waals surface area (Å²) in [6, 6.07) is 3.10. The normalized spacial score (nSPS) is 21.9. The third kappa shape index (κ3) is 4.78. The highest BCUT2D eigenvalue weighted by molar-refractivity contribution is 9.11. The maximum Gasteiger partial charge on any atom is 0.0701 e. The van der Waals surface area contributed by atoms with Gasteiger partial charge in [0.1, 0.15) is 0 Å². The molecule has 1 aromatic heterocycles. The van der Waals surface area contributed by atoms with Gasteiger partial charge in [-0.1, -0.05) is 19.3 Å². The second kappa shape index (κ2) is 7.12. The van der Waals surface area contributed by atoms with E-state index in [-0.39, 0.29) is 0 Å². The first-order valence-corrected chi connectivity index (χ1v) is 9.97. The minimum atomic E-state index is 0.517. The minimum absolute atomic E-state index is 0.517. The van der Waals surface area contributed by atoms with E-state index in [0.29, 0.717) is 5.41 Å². The van der Waals surface area contributed by atoms with E-state index in [1.807, 2.05) is 0 Å². The molecule has 2 aliphatic rings. The van der Waals surface area contributed by atoms with E-state index < -0.39 is 0 Å². The molecule has 0 unspecified atom stereocenters. The quantitative estimate of drug-likeness (QED) is 0.751. The van der Waals surface area contributed by atoms with Crippen LogP contribution in [0.1, 0.15) is 50.5 Å². The Morgan fingerprint density at radius 1 is 1.33 bits per heavy atom. The Morgan fingerprint density at radius 3 is 2.71 bits per heavy atom. The second-order valence-electron chi connectivity index (χ2n) is 7.15. The molecule has 0 aliphatic heterocycles. The Balaban J connectivity index is 1.56. The van der Waals surface area contributed by atoms with Crippen LogP contribution in [0.5, 0.6) is 0 Å². The van der Waals surface area contributed by atoms with Crippen molar-refractivity contribution in [1.82, 2.24) is 10.2 Å². The molecular weight excluding hydrogens is 344 g/mol. The molecule has 0 aromatic carbocycles. The maximum atomic E-state index is 3.81. The smallest absolute Gasteiger partial charge is 0.0701 e. The summed E-state index contributed by atoms with van der Waals surface area (Å²) < 4.78 is 1.24. The van der Waals surface area contributed by atoms with Gasteiger partial charge in [0.05, 0.1) is 3.79 Å². The third-order valence-corrected chi connectivity index (χ3v) is 6.49. The lowest BCUT2D eigenvalue weighted by Gasteiger charge is -2.40. The first-order chi connectivity index (χ1) is 10.2. The van der Waals surface area contributed by atoms with Gasteiger partial charge < -0.3 is 10.2 Å². The van der Waals surface area contributed by atoms with Crippen LogP contribution >= 0.6 is 27.3 Å². The summed E-state index contributed by atoms with van der Waals surface area (Å²) in [5.41, 5.74) is 1.96. The van der Waals surface area contributed by atoms with Crippen molar-refractivity contribution >= 4 is 27.3 Å². The van der Waals surface area contributed by atoms with Crippen LogP contribution in [0.2, 0.25) is 0 Å². The van der Waals surface area contributed by atoms with Gasteiger partial charge >= 0.3 is 0 Å². The molecule has 1 heterocycles. The summed E-state index contributed by atoms with van der Waals surface area (Å²) >= 11 is 5.36. The van der Waals surface area contributed by atoms with Gasteiger partial charge in [-0.05, 0) is 71.1 Å². The highest BCUT2D eigenvalue weighted by atomic mass is 79.9. The fourth-order valence-corrected chi connectivity index (χ4v) is 4.91. The zero-order valence-electron chi connectivity index (χ0n) is 13.0. The van der Waals surface area contributed by atoms with Crippen LogP contribution in [0.4, 0.5) is 0 Å². The van der Waals surface area contributed by atoms with Crippen LogP contribution in [0.3, 0.4) is 0 Å². The highest BCUT2D eigenvalue weighted by Crippen LogP contribution is 2.37. The lowest BCUT2D eigenvalue weighted by molar-refractivity contribution is 0.113. The van der Waals surface area contributed by atoms with E-state index in [2.05, 4.69) is 44.6 Å². The number of hydrogen-bond acceptors (Lipinski definition) is 3. The summed E-state index contributed by atoms with van der Waals surface area (Å²) in [5, 5.41) is 6.08. The SMILES string of the molecule is CN(Cc1csc(Br)c1)CC1(CNC2CC2)CCCCC1. The topological polar surface area (TPSA) is 15.3 Å². The van der Waals surface area contributed by atoms with Crippen LogP contribution < -0.4 is 5.32 Å². The van der Waals surface area contributed by atoms with E-state index in [9.17, 15) is 0 Å². The van der Waals surface area contributed by atoms with Gasteiger partial charge in [0.25, 0.3) is 0 Å². The number of hydrogen-bond donors (Lipinski definition) is 1. The number of halogens is 1. The third-order valence-electron chi connectivity index (χ3n) is 4.94. The van der Waals surface area contributed by atoms with Crippen LogP contribution in [-0.2, 0) is 6.54 Å². The molecule has 1 aromatic rings. The van der Waals surface area contributed by atoms with Gasteiger partial charge in [-0.25, -0.2) is 0 Å². The Bertz CT molecular complexity index is 449. The lowest BCUT2D eigenvalue weighted by atomic mass is 9.73. The van der Waals surface area contributed by atoms with Crippen molar-refractivity contribution in [3.8, 4) is 0 Å². The average Bonchev–Trinajstić information content (AvgIpc) is 3.21. The van der Waals surface area contributed by atoms with Crippen LogP contribution in [0.25, 0.3) is 0 Å². The molecule has 2 fully saturated rings. The summed E-state index contributed by atoms with van der Waals surface area (Å²) in [4.78, 5) is 2.54. The monoisotopic (exact) mass is 370 g/mol. The van der Waals surface area contributed by atoms with E-state index in [0.717, 1.165) is 12.6 Å². The molecule has 0 saturated heterocycles. The van der Waals surface area contributed by atoms with Crippen LogP contribution in [0, 0.1) is 5.41 Å². The van der Waals surface area contributed by atoms with E-state index in [1.165, 1.54) is 67.4 Å². The molecule has 0 spiro atoms. The standard InChI is InChI=1S/C17H27BrN2S/c1-20(10-14-9-16(18)21-11-14)13-17(7-3-2-4-8-17)12-19-15-5-6-15/h9,11,15,19H,2-8,10,12-13H2,1H3. The van der Waals surface area contributed by atoms with Gasteiger partial charge in [0.15, 0.2) is 0 Å². The molecule has 0 amide bonds. The number of nitrogens with zero attached hydrogens (tertiary/aromatic N) is 1. The van der Waals surface area contributed by atoms with Crippen molar-refractivity contribution < 1.29 is 0 Å². The van der Waals surface area contributed by atoms with Gasteiger partial charge in [-0.3, -0.25) is 0 Å². The Kier molecular flexibility index (Phi) is 5.41. The van der Waals surface area contributed by atoms with Crippen molar-refractivity contribution in [3.05, 3.63) is 20.8 Å². The molecule has 4 heteroatoms. The summed E-state index contributed by atoms with van der Waals surface area (Å²) in [6.07, 6.45) is 9.89.